The summed E-state index contributed by atoms with van der Waals surface area (Å²) in [5.41, 5.74) is -0.411. The molecule has 4 rings (SSSR count). The Balaban J connectivity index is 1.86. The first kappa shape index (κ1) is 17.7. The van der Waals surface area contributed by atoms with Gasteiger partial charge in [0.15, 0.2) is 0 Å². The number of nitrogens with zero attached hydrogens (tertiary/aromatic N) is 3. The SMILES string of the molecule is CC(=O)N1N=C(c2c(O)n(C)c(=O)[nH]c2=O)C[C@H]1c1cccc2ccccc12. The van der Waals surface area contributed by atoms with Gasteiger partial charge in [-0.25, -0.2) is 9.80 Å². The van der Waals surface area contributed by atoms with Crippen LogP contribution in [0.25, 0.3) is 10.8 Å². The number of aromatic amines is 1. The molecule has 2 N–H and O–H groups in total. The van der Waals surface area contributed by atoms with Gasteiger partial charge in [-0.1, -0.05) is 42.5 Å². The molecule has 0 saturated heterocycles. The molecule has 3 aromatic rings. The fourth-order valence-electron chi connectivity index (χ4n) is 3.60. The number of aromatic hydroxyl groups is 1. The molecule has 0 fully saturated rings. The minimum Gasteiger partial charge on any atom is -0.494 e. The molecule has 0 saturated carbocycles. The number of hydrazone groups is 1. The molecule has 1 aliphatic heterocycles. The van der Waals surface area contributed by atoms with Crippen LogP contribution in [0.2, 0.25) is 0 Å². The topological polar surface area (TPSA) is 108 Å². The summed E-state index contributed by atoms with van der Waals surface area (Å²) >= 11 is 0. The fraction of sp³-hybridized carbons (Fsp3) is 0.200. The second-order valence-electron chi connectivity index (χ2n) is 6.72. The number of nitrogens with one attached hydrogen (secondary N) is 1. The van der Waals surface area contributed by atoms with Crippen molar-refractivity contribution in [1.82, 2.24) is 14.6 Å². The zero-order chi connectivity index (χ0) is 20.0. The van der Waals surface area contributed by atoms with Crippen LogP contribution in [0.5, 0.6) is 5.88 Å². The highest BCUT2D eigenvalue weighted by Crippen LogP contribution is 2.36. The van der Waals surface area contributed by atoms with E-state index in [0.717, 1.165) is 20.9 Å². The van der Waals surface area contributed by atoms with Gasteiger partial charge in [0.1, 0.15) is 5.56 Å². The maximum atomic E-state index is 12.3. The molecule has 8 nitrogen and oxygen atoms in total. The Bertz CT molecular complexity index is 1250. The normalized spacial score (nSPS) is 16.4. The molecule has 0 unspecified atom stereocenters. The Kier molecular flexibility index (Phi) is 4.11. The molecular formula is C20H18N4O4. The maximum Gasteiger partial charge on any atom is 0.330 e. The Morgan fingerprint density at radius 2 is 1.89 bits per heavy atom. The van der Waals surface area contributed by atoms with Gasteiger partial charge < -0.3 is 5.11 Å². The number of hydrogen-bond acceptors (Lipinski definition) is 5. The molecule has 0 aliphatic carbocycles. The smallest absolute Gasteiger partial charge is 0.330 e. The van der Waals surface area contributed by atoms with Crippen molar-refractivity contribution >= 4 is 22.4 Å². The Morgan fingerprint density at radius 1 is 1.18 bits per heavy atom. The average Bonchev–Trinajstić information content (AvgIpc) is 3.11. The quantitative estimate of drug-likeness (QED) is 0.706. The summed E-state index contributed by atoms with van der Waals surface area (Å²) in [6, 6.07) is 13.2. The van der Waals surface area contributed by atoms with E-state index in [2.05, 4.69) is 10.1 Å². The molecule has 1 amide bonds. The number of hydrogen-bond donors (Lipinski definition) is 2. The fourth-order valence-corrected chi connectivity index (χ4v) is 3.60. The molecule has 8 heteroatoms. The minimum absolute atomic E-state index is 0.101. The van der Waals surface area contributed by atoms with Gasteiger partial charge in [-0.2, -0.15) is 5.10 Å². The Labute approximate surface area is 159 Å². The Morgan fingerprint density at radius 3 is 2.64 bits per heavy atom. The van der Waals surface area contributed by atoms with Crippen molar-refractivity contribution in [2.75, 3.05) is 0 Å². The number of carbonyl (C=O) groups excluding carboxylic acids is 1. The van der Waals surface area contributed by atoms with Gasteiger partial charge in [0, 0.05) is 20.4 Å². The van der Waals surface area contributed by atoms with E-state index >= 15 is 0 Å². The molecule has 1 aromatic heterocycles. The van der Waals surface area contributed by atoms with E-state index in [9.17, 15) is 19.5 Å². The summed E-state index contributed by atoms with van der Waals surface area (Å²) < 4.78 is 0.933. The second kappa shape index (κ2) is 6.49. The summed E-state index contributed by atoms with van der Waals surface area (Å²) in [6.45, 7) is 1.40. The van der Waals surface area contributed by atoms with Gasteiger partial charge in [-0.15, -0.1) is 0 Å². The number of benzene rings is 2. The lowest BCUT2D eigenvalue weighted by Gasteiger charge is -2.22. The first-order valence-corrected chi connectivity index (χ1v) is 8.76. The first-order valence-electron chi connectivity index (χ1n) is 8.76. The molecule has 1 aliphatic rings. The van der Waals surface area contributed by atoms with Crippen molar-refractivity contribution < 1.29 is 9.90 Å². The highest BCUT2D eigenvalue weighted by molar-refractivity contribution is 6.04. The summed E-state index contributed by atoms with van der Waals surface area (Å²) in [7, 11) is 1.34. The van der Waals surface area contributed by atoms with Crippen LogP contribution in [0.15, 0.2) is 57.2 Å². The van der Waals surface area contributed by atoms with Crippen molar-refractivity contribution in [1.29, 1.82) is 0 Å². The minimum atomic E-state index is -0.735. The van der Waals surface area contributed by atoms with E-state index < -0.39 is 23.2 Å². The predicted molar refractivity (Wildman–Crippen MR) is 104 cm³/mol. The first-order chi connectivity index (χ1) is 13.4. The summed E-state index contributed by atoms with van der Waals surface area (Å²) in [5.74, 6) is -0.761. The van der Waals surface area contributed by atoms with E-state index in [1.807, 2.05) is 42.5 Å². The zero-order valence-corrected chi connectivity index (χ0v) is 15.3. The predicted octanol–water partition coefficient (Wildman–Crippen LogP) is 1.63. The van der Waals surface area contributed by atoms with E-state index in [-0.39, 0.29) is 23.6 Å². The average molecular weight is 378 g/mol. The van der Waals surface area contributed by atoms with Crippen LogP contribution in [-0.2, 0) is 11.8 Å². The summed E-state index contributed by atoms with van der Waals surface area (Å²) in [6.07, 6.45) is 0.239. The van der Waals surface area contributed by atoms with E-state index in [4.69, 9.17) is 0 Å². The van der Waals surface area contributed by atoms with Crippen LogP contribution >= 0.6 is 0 Å². The number of carbonyl (C=O) groups is 1. The monoisotopic (exact) mass is 378 g/mol. The third-order valence-corrected chi connectivity index (χ3v) is 5.00. The van der Waals surface area contributed by atoms with E-state index in [0.29, 0.717) is 0 Å². The van der Waals surface area contributed by atoms with Gasteiger partial charge in [0.2, 0.25) is 11.8 Å². The van der Waals surface area contributed by atoms with Crippen LogP contribution in [0.1, 0.15) is 30.5 Å². The second-order valence-corrected chi connectivity index (χ2v) is 6.72. The van der Waals surface area contributed by atoms with Crippen LogP contribution in [0.3, 0.4) is 0 Å². The molecule has 2 aromatic carbocycles. The molecule has 0 bridgehead atoms. The maximum absolute atomic E-state index is 12.3. The van der Waals surface area contributed by atoms with E-state index in [1.165, 1.54) is 19.0 Å². The van der Waals surface area contributed by atoms with Gasteiger partial charge in [-0.05, 0) is 16.3 Å². The molecule has 1 atom stereocenters. The van der Waals surface area contributed by atoms with Crippen molar-refractivity contribution in [2.24, 2.45) is 12.1 Å². The lowest BCUT2D eigenvalue weighted by molar-refractivity contribution is -0.130. The molecule has 28 heavy (non-hydrogen) atoms. The summed E-state index contributed by atoms with van der Waals surface area (Å²) in [4.78, 5) is 38.4. The third kappa shape index (κ3) is 2.70. The van der Waals surface area contributed by atoms with Crippen molar-refractivity contribution in [2.45, 2.75) is 19.4 Å². The van der Waals surface area contributed by atoms with Gasteiger partial charge in [0.05, 0.1) is 11.8 Å². The van der Waals surface area contributed by atoms with Crippen LogP contribution in [0, 0.1) is 0 Å². The Hall–Kier alpha value is -3.68. The molecular weight excluding hydrogens is 360 g/mol. The van der Waals surface area contributed by atoms with Gasteiger partial charge >= 0.3 is 5.69 Å². The standard InChI is InChI=1S/C20H18N4O4/c1-11(25)24-16(14-9-5-7-12-6-3-4-8-13(12)14)10-15(22-24)17-18(26)21-20(28)23(2)19(17)27/h3-9,16,27H,10H2,1-2H3,(H,21,26,28)/t16-/m0/s1. The summed E-state index contributed by atoms with van der Waals surface area (Å²) in [5, 5.41) is 18.0. The van der Waals surface area contributed by atoms with Gasteiger partial charge in [0.25, 0.3) is 5.56 Å². The highest BCUT2D eigenvalue weighted by atomic mass is 16.3. The van der Waals surface area contributed by atoms with E-state index in [1.54, 1.807) is 0 Å². The number of aromatic nitrogens is 2. The number of H-pyrrole nitrogens is 1. The lowest BCUT2D eigenvalue weighted by Crippen LogP contribution is -2.32. The molecule has 0 radical (unpaired) electrons. The number of fused-ring (bicyclic) bond motifs is 1. The molecule has 0 spiro atoms. The van der Waals surface area contributed by atoms with Crippen molar-refractivity contribution in [3.8, 4) is 5.88 Å². The largest absolute Gasteiger partial charge is 0.494 e. The third-order valence-electron chi connectivity index (χ3n) is 5.00. The zero-order valence-electron chi connectivity index (χ0n) is 15.3. The highest BCUT2D eigenvalue weighted by Gasteiger charge is 2.34. The number of rotatable bonds is 2. The number of amides is 1. The lowest BCUT2D eigenvalue weighted by atomic mass is 9.94. The molecule has 2 heterocycles. The van der Waals surface area contributed by atoms with Crippen LogP contribution in [-0.4, -0.2) is 31.3 Å². The van der Waals surface area contributed by atoms with Crippen LogP contribution < -0.4 is 11.2 Å². The van der Waals surface area contributed by atoms with Crippen LogP contribution in [0.4, 0.5) is 0 Å². The van der Waals surface area contributed by atoms with Crippen molar-refractivity contribution in [3.05, 3.63) is 74.4 Å². The molecule has 142 valence electrons. The van der Waals surface area contributed by atoms with Crippen molar-refractivity contribution in [3.63, 3.8) is 0 Å². The van der Waals surface area contributed by atoms with Gasteiger partial charge in [-0.3, -0.25) is 19.1 Å².